The summed E-state index contributed by atoms with van der Waals surface area (Å²) in [5.41, 5.74) is 6.78. The molecule has 52 heavy (non-hydrogen) atoms. The van der Waals surface area contributed by atoms with Crippen LogP contribution in [-0.2, 0) is 33.2 Å². The number of nitrogens with zero attached hydrogens (tertiary/aromatic N) is 5. The average molecular weight is 764 g/mol. The summed E-state index contributed by atoms with van der Waals surface area (Å²) in [6, 6.07) is 7.14. The van der Waals surface area contributed by atoms with Gasteiger partial charge in [0.2, 0.25) is 11.2 Å². The lowest BCUT2D eigenvalue weighted by Gasteiger charge is -2.28. The number of anilines is 1. The first-order valence-electron chi connectivity index (χ1n) is 17.4. The smallest absolute Gasteiger partial charge is 0.323 e. The minimum Gasteiger partial charge on any atom is -0.462 e. The maximum absolute atomic E-state index is 14.2. The lowest BCUT2D eigenvalue weighted by Crippen LogP contribution is -2.44. The molecule has 1 amide bonds. The highest BCUT2D eigenvalue weighted by molar-refractivity contribution is 7.60. The van der Waals surface area contributed by atoms with E-state index in [1.807, 2.05) is 0 Å². The summed E-state index contributed by atoms with van der Waals surface area (Å²) in [4.78, 5) is 53.5. The number of benzene rings is 1. The Labute approximate surface area is 307 Å². The summed E-state index contributed by atoms with van der Waals surface area (Å²) >= 11 is 6.33. The standard InChI is InChI=1S/C34H47ClN7O9P/c1-19(2)32(45)50-28-24(49-31(27(28)44)42-18-37-26-29(38-21-11-9-10-12-21)39-34(35)40-30(26)42)15-41(5)25(43)17-52(47,51-22-13-7-6-8-14-22)16-23(36)33(46)48-20(3)4/h6-8,13-14,18-21,23-24,27-28,31,44H,9-12,15-17,36H2,1-5H3,(H,38,39,40)/t23-,24-,27-,28-,31-,52?/m1/s1. The van der Waals surface area contributed by atoms with Gasteiger partial charge < -0.3 is 39.8 Å². The molecule has 2 aliphatic rings. The van der Waals surface area contributed by atoms with Crippen LogP contribution in [0.15, 0.2) is 36.7 Å². The Morgan fingerprint density at radius 2 is 1.83 bits per heavy atom. The molecule has 2 fully saturated rings. The second-order valence-corrected chi connectivity index (χ2v) is 16.7. The van der Waals surface area contributed by atoms with Crippen molar-refractivity contribution in [3.05, 3.63) is 41.9 Å². The third kappa shape index (κ3) is 9.58. The number of esters is 2. The third-order valence-corrected chi connectivity index (χ3v) is 11.2. The number of halogens is 1. The van der Waals surface area contributed by atoms with Crippen LogP contribution in [0.4, 0.5) is 5.82 Å². The van der Waals surface area contributed by atoms with Crippen molar-refractivity contribution in [2.45, 2.75) is 96.1 Å². The van der Waals surface area contributed by atoms with Crippen LogP contribution in [0.2, 0.25) is 5.28 Å². The van der Waals surface area contributed by atoms with Gasteiger partial charge in [0.15, 0.2) is 29.3 Å². The molecular weight excluding hydrogens is 717 g/mol. The van der Waals surface area contributed by atoms with E-state index >= 15 is 0 Å². The molecule has 1 saturated heterocycles. The molecule has 1 unspecified atom stereocenters. The maximum atomic E-state index is 14.2. The Morgan fingerprint density at radius 3 is 2.48 bits per heavy atom. The third-order valence-electron chi connectivity index (χ3n) is 8.80. The number of hydrogen-bond acceptors (Lipinski definition) is 14. The molecule has 1 saturated carbocycles. The highest BCUT2D eigenvalue weighted by Gasteiger charge is 2.49. The van der Waals surface area contributed by atoms with Crippen LogP contribution in [0.25, 0.3) is 11.2 Å². The van der Waals surface area contributed by atoms with Gasteiger partial charge in [-0.05, 0) is 50.4 Å². The molecule has 3 heterocycles. The fraction of sp³-hybridized carbons (Fsp3) is 0.588. The minimum atomic E-state index is -3.95. The number of aromatic nitrogens is 4. The molecule has 6 atom stereocenters. The molecule has 3 aromatic rings. The Bertz CT molecular complexity index is 1770. The van der Waals surface area contributed by atoms with Crippen LogP contribution >= 0.6 is 19.0 Å². The van der Waals surface area contributed by atoms with Crippen molar-refractivity contribution in [2.75, 3.05) is 31.2 Å². The zero-order chi connectivity index (χ0) is 37.7. The number of amides is 1. The molecule has 1 aliphatic heterocycles. The Hall–Kier alpha value is -3.82. The Balaban J connectivity index is 1.37. The lowest BCUT2D eigenvalue weighted by molar-refractivity contribution is -0.160. The lowest BCUT2D eigenvalue weighted by atomic mass is 10.1. The van der Waals surface area contributed by atoms with Crippen LogP contribution < -0.4 is 15.6 Å². The van der Waals surface area contributed by atoms with Crippen molar-refractivity contribution in [3.63, 3.8) is 0 Å². The van der Waals surface area contributed by atoms with Gasteiger partial charge in [-0.25, -0.2) is 4.98 Å². The fourth-order valence-corrected chi connectivity index (χ4v) is 8.49. The maximum Gasteiger partial charge on any atom is 0.323 e. The second-order valence-electron chi connectivity index (χ2n) is 13.8. The predicted octanol–water partition coefficient (Wildman–Crippen LogP) is 3.75. The van der Waals surface area contributed by atoms with E-state index in [-0.39, 0.29) is 29.3 Å². The van der Waals surface area contributed by atoms with Crippen molar-refractivity contribution < 1.29 is 42.8 Å². The van der Waals surface area contributed by atoms with Gasteiger partial charge >= 0.3 is 11.9 Å². The molecule has 4 N–H and O–H groups in total. The SMILES string of the molecule is CC(C)OC(=O)[C@H](N)CP(=O)(CC(=O)N(C)C[C@H]1O[C@@H](n2cnc3c(NC4CCCC4)nc(Cl)nc32)[C@H](O)[C@@H]1OC(=O)C(C)C)Oc1ccccc1. The normalized spacial score (nSPS) is 22.3. The van der Waals surface area contributed by atoms with E-state index in [1.54, 1.807) is 58.0 Å². The first-order valence-corrected chi connectivity index (χ1v) is 19.7. The van der Waals surface area contributed by atoms with Crippen LogP contribution in [0.1, 0.15) is 59.6 Å². The summed E-state index contributed by atoms with van der Waals surface area (Å²) in [5, 5.41) is 15.0. The Morgan fingerprint density at radius 1 is 1.13 bits per heavy atom. The van der Waals surface area contributed by atoms with E-state index < -0.39 is 80.1 Å². The quantitative estimate of drug-likeness (QED) is 0.114. The van der Waals surface area contributed by atoms with Gasteiger partial charge in [0.05, 0.1) is 31.1 Å². The number of aliphatic hydroxyl groups is 1. The number of nitrogens with two attached hydrogens (primary N) is 1. The summed E-state index contributed by atoms with van der Waals surface area (Å²) < 4.78 is 38.8. The highest BCUT2D eigenvalue weighted by Crippen LogP contribution is 2.48. The number of para-hydroxylation sites is 1. The first-order chi connectivity index (χ1) is 24.6. The second kappa shape index (κ2) is 16.9. The number of hydrogen-bond donors (Lipinski definition) is 3. The summed E-state index contributed by atoms with van der Waals surface area (Å²) in [6.45, 7) is 6.43. The summed E-state index contributed by atoms with van der Waals surface area (Å²) in [5.74, 6) is -1.83. The van der Waals surface area contributed by atoms with Crippen molar-refractivity contribution in [2.24, 2.45) is 11.7 Å². The summed E-state index contributed by atoms with van der Waals surface area (Å²) in [7, 11) is -2.50. The van der Waals surface area contributed by atoms with E-state index in [0.717, 1.165) is 25.7 Å². The van der Waals surface area contributed by atoms with E-state index in [1.165, 1.54) is 22.8 Å². The van der Waals surface area contributed by atoms with Crippen molar-refractivity contribution in [1.29, 1.82) is 0 Å². The van der Waals surface area contributed by atoms with E-state index in [2.05, 4.69) is 20.3 Å². The van der Waals surface area contributed by atoms with Crippen molar-refractivity contribution in [1.82, 2.24) is 24.4 Å². The van der Waals surface area contributed by atoms with E-state index in [0.29, 0.717) is 11.3 Å². The number of carbonyl (C=O) groups excluding carboxylic acids is 3. The van der Waals surface area contributed by atoms with Crippen LogP contribution in [0.5, 0.6) is 5.75 Å². The fourth-order valence-electron chi connectivity index (χ4n) is 6.15. The predicted molar refractivity (Wildman–Crippen MR) is 192 cm³/mol. The molecule has 1 aromatic carbocycles. The molecule has 18 heteroatoms. The van der Waals surface area contributed by atoms with Gasteiger partial charge in [0, 0.05) is 13.1 Å². The van der Waals surface area contributed by atoms with E-state index in [4.69, 9.17) is 36.1 Å². The largest absolute Gasteiger partial charge is 0.462 e. The van der Waals surface area contributed by atoms with E-state index in [9.17, 15) is 24.1 Å². The number of rotatable bonds is 15. The monoisotopic (exact) mass is 763 g/mol. The summed E-state index contributed by atoms with van der Waals surface area (Å²) in [6.07, 6.45) is -0.743. The highest BCUT2D eigenvalue weighted by atomic mass is 35.5. The number of aliphatic hydroxyl groups excluding tert-OH is 1. The number of imidazole rings is 1. The van der Waals surface area contributed by atoms with Crippen molar-refractivity contribution >= 4 is 53.8 Å². The number of nitrogens with one attached hydrogen (secondary N) is 1. The average Bonchev–Trinajstić information content (AvgIpc) is 3.81. The molecular formula is C34H47ClN7O9P. The van der Waals surface area contributed by atoms with Gasteiger partial charge in [-0.1, -0.05) is 44.9 Å². The molecule has 5 rings (SSSR count). The molecule has 2 aromatic heterocycles. The van der Waals surface area contributed by atoms with Crippen LogP contribution in [-0.4, -0.2) is 110 Å². The molecule has 0 bridgehead atoms. The topological polar surface area (TPSA) is 210 Å². The van der Waals surface area contributed by atoms with Gasteiger partial charge in [0.25, 0.3) is 7.37 Å². The number of likely N-dealkylation sites (N-methyl/N-ethyl adjacent to an activating group) is 1. The van der Waals surface area contributed by atoms with Gasteiger partial charge in [0.1, 0.15) is 30.2 Å². The van der Waals surface area contributed by atoms with Gasteiger partial charge in [-0.2, -0.15) is 9.97 Å². The van der Waals surface area contributed by atoms with Crippen molar-refractivity contribution in [3.8, 4) is 5.75 Å². The molecule has 0 spiro atoms. The molecule has 16 nitrogen and oxygen atoms in total. The molecule has 0 radical (unpaired) electrons. The van der Waals surface area contributed by atoms with Crippen LogP contribution in [0, 0.1) is 5.92 Å². The molecule has 284 valence electrons. The zero-order valence-electron chi connectivity index (χ0n) is 29.9. The molecule has 1 aliphatic carbocycles. The number of carbonyl (C=O) groups is 3. The zero-order valence-corrected chi connectivity index (χ0v) is 31.5. The number of fused-ring (bicyclic) bond motifs is 1. The van der Waals surface area contributed by atoms with Gasteiger partial charge in [-0.15, -0.1) is 0 Å². The first kappa shape index (κ1) is 39.4. The van der Waals surface area contributed by atoms with Crippen LogP contribution in [0.3, 0.4) is 0 Å². The van der Waals surface area contributed by atoms with Gasteiger partial charge in [-0.3, -0.25) is 23.5 Å². The minimum absolute atomic E-state index is 0.0359. The Kier molecular flexibility index (Phi) is 12.8. The number of ether oxygens (including phenoxy) is 3.